The minimum atomic E-state index is -0.641. The zero-order valence-corrected chi connectivity index (χ0v) is 12.2. The van der Waals surface area contributed by atoms with Gasteiger partial charge in [0.15, 0.2) is 17.3 Å². The van der Waals surface area contributed by atoms with Gasteiger partial charge in [0.2, 0.25) is 0 Å². The number of carbonyl (C=O) groups is 1. The topological polar surface area (TPSA) is 62.4 Å². The number of aliphatic imine (C=N–C) groups is 1. The van der Waals surface area contributed by atoms with Crippen molar-refractivity contribution in [3.05, 3.63) is 52.8 Å². The Bertz CT molecular complexity index is 807. The van der Waals surface area contributed by atoms with Gasteiger partial charge < -0.3 is 4.74 Å². The van der Waals surface area contributed by atoms with Crippen molar-refractivity contribution in [2.24, 2.45) is 4.99 Å². The third-order valence-electron chi connectivity index (χ3n) is 3.17. The van der Waals surface area contributed by atoms with Crippen molar-refractivity contribution in [2.45, 2.75) is 13.8 Å². The molecule has 0 fully saturated rings. The predicted octanol–water partition coefficient (Wildman–Crippen LogP) is 4.33. The van der Waals surface area contributed by atoms with Crippen molar-refractivity contribution in [1.29, 1.82) is 5.26 Å². The molecule has 2 rings (SSSR count). The van der Waals surface area contributed by atoms with E-state index in [0.29, 0.717) is 16.8 Å². The summed E-state index contributed by atoms with van der Waals surface area (Å²) in [6.07, 6.45) is 0. The summed E-state index contributed by atoms with van der Waals surface area (Å²) in [5, 5.41) is 9.15. The molecule has 0 N–H and O–H groups in total. The fourth-order valence-corrected chi connectivity index (χ4v) is 2.01. The van der Waals surface area contributed by atoms with E-state index >= 15 is 0 Å². The zero-order chi connectivity index (χ0) is 16.3. The van der Waals surface area contributed by atoms with E-state index in [1.54, 1.807) is 19.1 Å². The monoisotopic (exact) mass is 296 g/mol. The van der Waals surface area contributed by atoms with Crippen LogP contribution in [0.5, 0.6) is 11.5 Å². The molecule has 2 aromatic rings. The van der Waals surface area contributed by atoms with Crippen molar-refractivity contribution < 1.29 is 13.9 Å². The number of ketones is 1. The van der Waals surface area contributed by atoms with Gasteiger partial charge in [0.1, 0.15) is 17.4 Å². The Morgan fingerprint density at radius 2 is 2.09 bits per heavy atom. The number of hydrogen-bond donors (Lipinski definition) is 0. The van der Waals surface area contributed by atoms with Gasteiger partial charge in [-0.05, 0) is 50.4 Å². The quantitative estimate of drug-likeness (QED) is 0.623. The van der Waals surface area contributed by atoms with Gasteiger partial charge in [-0.3, -0.25) is 9.79 Å². The van der Waals surface area contributed by atoms with Gasteiger partial charge in [0, 0.05) is 5.56 Å². The number of halogens is 1. The largest absolute Gasteiger partial charge is 0.453 e. The molecule has 2 aromatic carbocycles. The lowest BCUT2D eigenvalue weighted by molar-refractivity contribution is 0.101. The second-order valence-electron chi connectivity index (χ2n) is 4.68. The Morgan fingerprint density at radius 1 is 1.36 bits per heavy atom. The SMILES string of the molecule is C=Nc1ccc(Oc2c(F)ccc(C)c2C#N)cc1C(C)=O. The molecule has 0 heterocycles. The van der Waals surface area contributed by atoms with Gasteiger partial charge in [-0.15, -0.1) is 0 Å². The Balaban J connectivity index is 2.51. The first-order valence-corrected chi connectivity index (χ1v) is 6.46. The standard InChI is InChI=1S/C17H13FN2O2/c1-10-4-6-15(18)17(14(10)9-19)22-12-5-7-16(20-3)13(8-12)11(2)21/h4-8H,3H2,1-2H3. The van der Waals surface area contributed by atoms with Crippen LogP contribution in [0.3, 0.4) is 0 Å². The summed E-state index contributed by atoms with van der Waals surface area (Å²) in [7, 11) is 0. The van der Waals surface area contributed by atoms with Gasteiger partial charge in [0.05, 0.1) is 5.69 Å². The van der Waals surface area contributed by atoms with E-state index in [-0.39, 0.29) is 22.8 Å². The Labute approximate surface area is 127 Å². The molecule has 110 valence electrons. The van der Waals surface area contributed by atoms with E-state index < -0.39 is 5.82 Å². The third kappa shape index (κ3) is 2.86. The van der Waals surface area contributed by atoms with Gasteiger partial charge in [-0.25, -0.2) is 4.39 Å². The van der Waals surface area contributed by atoms with Crippen LogP contribution in [0.2, 0.25) is 0 Å². The van der Waals surface area contributed by atoms with Crippen LogP contribution in [0.4, 0.5) is 10.1 Å². The molecule has 4 nitrogen and oxygen atoms in total. The number of carbonyl (C=O) groups excluding carboxylic acids is 1. The molecule has 0 atom stereocenters. The molecule has 0 saturated carbocycles. The van der Waals surface area contributed by atoms with E-state index in [1.165, 1.54) is 25.1 Å². The van der Waals surface area contributed by atoms with Crippen LogP contribution in [0.1, 0.15) is 28.4 Å². The van der Waals surface area contributed by atoms with Crippen LogP contribution in [-0.4, -0.2) is 12.5 Å². The normalized spacial score (nSPS) is 9.91. The zero-order valence-electron chi connectivity index (χ0n) is 12.2. The van der Waals surface area contributed by atoms with Gasteiger partial charge in [0.25, 0.3) is 0 Å². The minimum absolute atomic E-state index is 0.121. The number of ether oxygens (including phenoxy) is 1. The van der Waals surface area contributed by atoms with Crippen molar-refractivity contribution in [1.82, 2.24) is 0 Å². The lowest BCUT2D eigenvalue weighted by atomic mass is 10.1. The summed E-state index contributed by atoms with van der Waals surface area (Å²) in [4.78, 5) is 15.4. The number of aryl methyl sites for hydroxylation is 1. The molecule has 0 radical (unpaired) electrons. The molecule has 0 aliphatic carbocycles. The second kappa shape index (κ2) is 6.19. The Hall–Kier alpha value is -3.00. The molecule has 0 aliphatic rings. The first-order chi connectivity index (χ1) is 10.5. The molecular weight excluding hydrogens is 283 g/mol. The van der Waals surface area contributed by atoms with Gasteiger partial charge >= 0.3 is 0 Å². The molecule has 0 unspecified atom stereocenters. The second-order valence-corrected chi connectivity index (χ2v) is 4.68. The summed E-state index contributed by atoms with van der Waals surface area (Å²) in [6.45, 7) is 6.48. The molecular formula is C17H13FN2O2. The summed E-state index contributed by atoms with van der Waals surface area (Å²) < 4.78 is 19.4. The third-order valence-corrected chi connectivity index (χ3v) is 3.17. The number of Topliss-reactive ketones (excluding diaryl/α,β-unsaturated/α-hetero) is 1. The summed E-state index contributed by atoms with van der Waals surface area (Å²) >= 11 is 0. The maximum absolute atomic E-state index is 13.9. The first kappa shape index (κ1) is 15.4. The highest BCUT2D eigenvalue weighted by Crippen LogP contribution is 2.32. The summed E-state index contributed by atoms with van der Waals surface area (Å²) in [6, 6.07) is 9.21. The lowest BCUT2D eigenvalue weighted by Crippen LogP contribution is -1.97. The van der Waals surface area contributed by atoms with Crippen LogP contribution in [-0.2, 0) is 0 Å². The van der Waals surface area contributed by atoms with E-state index in [0.717, 1.165) is 0 Å². The molecule has 0 saturated heterocycles. The van der Waals surface area contributed by atoms with Gasteiger partial charge in [-0.2, -0.15) is 5.26 Å². The lowest BCUT2D eigenvalue weighted by Gasteiger charge is -2.11. The van der Waals surface area contributed by atoms with Crippen molar-refractivity contribution in [3.8, 4) is 17.6 Å². The fourth-order valence-electron chi connectivity index (χ4n) is 2.01. The molecule has 0 bridgehead atoms. The fraction of sp³-hybridized carbons (Fsp3) is 0.118. The van der Waals surface area contributed by atoms with E-state index in [2.05, 4.69) is 11.7 Å². The number of rotatable bonds is 4. The highest BCUT2D eigenvalue weighted by atomic mass is 19.1. The van der Waals surface area contributed by atoms with Gasteiger partial charge in [-0.1, -0.05) is 6.07 Å². The molecule has 22 heavy (non-hydrogen) atoms. The molecule has 0 spiro atoms. The first-order valence-electron chi connectivity index (χ1n) is 6.46. The smallest absolute Gasteiger partial charge is 0.181 e. The van der Waals surface area contributed by atoms with Crippen LogP contribution in [0.15, 0.2) is 35.3 Å². The highest BCUT2D eigenvalue weighted by Gasteiger charge is 2.15. The maximum atomic E-state index is 13.9. The average molecular weight is 296 g/mol. The average Bonchev–Trinajstić information content (AvgIpc) is 2.51. The number of nitrogens with zero attached hydrogens (tertiary/aromatic N) is 2. The van der Waals surface area contributed by atoms with Crippen molar-refractivity contribution >= 4 is 18.2 Å². The van der Waals surface area contributed by atoms with E-state index in [1.807, 2.05) is 6.07 Å². The number of nitriles is 1. The Kier molecular flexibility index (Phi) is 4.33. The molecule has 0 aromatic heterocycles. The van der Waals surface area contributed by atoms with Crippen molar-refractivity contribution in [3.63, 3.8) is 0 Å². The number of benzene rings is 2. The molecule has 0 aliphatic heterocycles. The highest BCUT2D eigenvalue weighted by molar-refractivity contribution is 5.99. The molecule has 5 heteroatoms. The molecule has 0 amide bonds. The number of hydrogen-bond acceptors (Lipinski definition) is 4. The minimum Gasteiger partial charge on any atom is -0.453 e. The van der Waals surface area contributed by atoms with Crippen LogP contribution in [0, 0.1) is 24.1 Å². The maximum Gasteiger partial charge on any atom is 0.181 e. The van der Waals surface area contributed by atoms with E-state index in [9.17, 15) is 9.18 Å². The van der Waals surface area contributed by atoms with Crippen LogP contribution < -0.4 is 4.74 Å². The van der Waals surface area contributed by atoms with Crippen molar-refractivity contribution in [2.75, 3.05) is 0 Å². The van der Waals surface area contributed by atoms with Crippen LogP contribution in [0.25, 0.3) is 0 Å². The van der Waals surface area contributed by atoms with Crippen LogP contribution >= 0.6 is 0 Å². The summed E-state index contributed by atoms with van der Waals surface area (Å²) in [5.74, 6) is -0.759. The Morgan fingerprint density at radius 3 is 2.68 bits per heavy atom. The van der Waals surface area contributed by atoms with E-state index in [4.69, 9.17) is 10.00 Å². The summed E-state index contributed by atoms with van der Waals surface area (Å²) in [5.41, 5.74) is 1.47. The predicted molar refractivity (Wildman–Crippen MR) is 81.6 cm³/mol.